The van der Waals surface area contributed by atoms with E-state index in [4.69, 9.17) is 9.47 Å². The van der Waals surface area contributed by atoms with Gasteiger partial charge in [0.1, 0.15) is 5.60 Å². The Hall–Kier alpha value is -0.650. The van der Waals surface area contributed by atoms with E-state index in [2.05, 4.69) is 45.3 Å². The maximum absolute atomic E-state index is 11.9. The van der Waals surface area contributed by atoms with Crippen LogP contribution in [0.1, 0.15) is 75.2 Å². The third kappa shape index (κ3) is 15.3. The van der Waals surface area contributed by atoms with Crippen LogP contribution in [0.3, 0.4) is 0 Å². The van der Waals surface area contributed by atoms with E-state index >= 15 is 0 Å². The van der Waals surface area contributed by atoms with Crippen molar-refractivity contribution in [2.24, 2.45) is 5.92 Å². The van der Waals surface area contributed by atoms with Crippen LogP contribution in [-0.2, 0) is 14.3 Å². The van der Waals surface area contributed by atoms with E-state index in [1.807, 2.05) is 27.7 Å². The molecule has 0 aliphatic carbocycles. The molecule has 0 bridgehead atoms. The van der Waals surface area contributed by atoms with Gasteiger partial charge in [0.25, 0.3) is 0 Å². The topological polar surface area (TPSA) is 59.6 Å². The zero-order valence-corrected chi connectivity index (χ0v) is 18.0. The Balaban J connectivity index is 4.04. The predicted molar refractivity (Wildman–Crippen MR) is 105 cm³/mol. The van der Waals surface area contributed by atoms with Gasteiger partial charge in [-0.1, -0.05) is 13.8 Å². The van der Waals surface area contributed by atoms with E-state index < -0.39 is 5.60 Å². The highest BCUT2D eigenvalue weighted by atomic mass is 16.6. The van der Waals surface area contributed by atoms with Gasteiger partial charge in [-0.25, -0.2) is 0 Å². The van der Waals surface area contributed by atoms with Gasteiger partial charge in [-0.3, -0.25) is 4.79 Å². The maximum Gasteiger partial charge on any atom is 0.306 e. The van der Waals surface area contributed by atoms with Crippen LogP contribution in [0.25, 0.3) is 0 Å². The van der Waals surface area contributed by atoms with Crippen molar-refractivity contribution in [1.82, 2.24) is 10.6 Å². The molecule has 25 heavy (non-hydrogen) atoms. The molecular formula is C20H42N2O3. The Bertz CT molecular complexity index is 385. The highest BCUT2D eigenvalue weighted by Gasteiger charge is 2.31. The first-order valence-electron chi connectivity index (χ1n) is 9.52. The van der Waals surface area contributed by atoms with Gasteiger partial charge >= 0.3 is 5.97 Å². The Morgan fingerprint density at radius 3 is 1.92 bits per heavy atom. The largest absolute Gasteiger partial charge is 0.460 e. The van der Waals surface area contributed by atoms with Gasteiger partial charge in [0.2, 0.25) is 0 Å². The quantitative estimate of drug-likeness (QED) is 0.413. The number of nitrogens with one attached hydrogen (secondary N) is 2. The zero-order chi connectivity index (χ0) is 19.7. The Labute approximate surface area is 155 Å². The number of carbonyl (C=O) groups is 1. The van der Waals surface area contributed by atoms with Gasteiger partial charge in [0.15, 0.2) is 0 Å². The third-order valence-electron chi connectivity index (χ3n) is 3.58. The molecule has 0 aliphatic rings. The second-order valence-corrected chi connectivity index (χ2v) is 9.61. The van der Waals surface area contributed by atoms with Crippen molar-refractivity contribution >= 4 is 5.97 Å². The van der Waals surface area contributed by atoms with Crippen molar-refractivity contribution in [2.75, 3.05) is 26.3 Å². The van der Waals surface area contributed by atoms with Gasteiger partial charge in [-0.2, -0.15) is 0 Å². The molecule has 0 fully saturated rings. The van der Waals surface area contributed by atoms with Crippen LogP contribution in [0.15, 0.2) is 0 Å². The molecule has 0 aromatic rings. The Morgan fingerprint density at radius 1 is 0.920 bits per heavy atom. The van der Waals surface area contributed by atoms with Crippen molar-refractivity contribution < 1.29 is 14.3 Å². The summed E-state index contributed by atoms with van der Waals surface area (Å²) in [6.07, 6.45) is 1.21. The monoisotopic (exact) mass is 358 g/mol. The maximum atomic E-state index is 11.9. The van der Waals surface area contributed by atoms with Gasteiger partial charge in [0, 0.05) is 37.0 Å². The number of carbonyl (C=O) groups excluding carboxylic acids is 1. The minimum absolute atomic E-state index is 0.120. The van der Waals surface area contributed by atoms with Crippen LogP contribution >= 0.6 is 0 Å². The summed E-state index contributed by atoms with van der Waals surface area (Å²) in [6, 6.07) is 0. The van der Waals surface area contributed by atoms with Crippen molar-refractivity contribution in [2.45, 2.75) is 91.8 Å². The molecule has 0 rings (SSSR count). The van der Waals surface area contributed by atoms with Crippen LogP contribution in [0, 0.1) is 5.92 Å². The summed E-state index contributed by atoms with van der Waals surface area (Å²) in [6.45, 7) is 21.7. The average Bonchev–Trinajstić information content (AvgIpc) is 2.32. The van der Waals surface area contributed by atoms with Crippen LogP contribution in [0.4, 0.5) is 0 Å². The number of rotatable bonds is 12. The van der Waals surface area contributed by atoms with Crippen LogP contribution < -0.4 is 10.6 Å². The average molecular weight is 359 g/mol. The van der Waals surface area contributed by atoms with Crippen molar-refractivity contribution in [1.29, 1.82) is 0 Å². The molecule has 0 aromatic heterocycles. The van der Waals surface area contributed by atoms with Gasteiger partial charge in [-0.05, 0) is 54.4 Å². The molecule has 5 heteroatoms. The second kappa shape index (κ2) is 10.5. The first-order valence-corrected chi connectivity index (χ1v) is 9.52. The van der Waals surface area contributed by atoms with E-state index in [1.165, 1.54) is 0 Å². The Morgan fingerprint density at radius 2 is 1.44 bits per heavy atom. The standard InChI is InChI=1S/C20H42N2O3/c1-16(2)14-17(23)25-20(8,9)15-19(6,7)22-11-13-24-12-10-21-18(3,4)5/h16,21-22H,10-15H2,1-9H3. The molecule has 0 spiro atoms. The minimum atomic E-state index is -0.486. The molecule has 0 aliphatic heterocycles. The lowest BCUT2D eigenvalue weighted by atomic mass is 9.89. The number of hydrogen-bond donors (Lipinski definition) is 2. The normalized spacial score (nSPS) is 13.4. The molecule has 0 radical (unpaired) electrons. The number of esters is 1. The highest BCUT2D eigenvalue weighted by molar-refractivity contribution is 5.70. The molecule has 0 amide bonds. The molecular weight excluding hydrogens is 316 g/mol. The molecule has 0 aromatic carbocycles. The predicted octanol–water partition coefficient (Wildman–Crippen LogP) is 3.52. The van der Waals surface area contributed by atoms with E-state index in [0.29, 0.717) is 25.6 Å². The first-order chi connectivity index (χ1) is 11.2. The molecule has 0 saturated heterocycles. The molecule has 0 unspecified atom stereocenters. The lowest BCUT2D eigenvalue weighted by Crippen LogP contribution is -2.47. The van der Waals surface area contributed by atoms with Crippen molar-refractivity contribution in [3.8, 4) is 0 Å². The van der Waals surface area contributed by atoms with E-state index in [1.54, 1.807) is 0 Å². The SMILES string of the molecule is CC(C)CC(=O)OC(C)(C)CC(C)(C)NCCOCCNC(C)(C)C. The van der Waals surface area contributed by atoms with E-state index in [-0.39, 0.29) is 17.0 Å². The smallest absolute Gasteiger partial charge is 0.306 e. The van der Waals surface area contributed by atoms with Gasteiger partial charge < -0.3 is 20.1 Å². The minimum Gasteiger partial charge on any atom is -0.460 e. The lowest BCUT2D eigenvalue weighted by Gasteiger charge is -2.35. The van der Waals surface area contributed by atoms with Crippen LogP contribution in [0.2, 0.25) is 0 Å². The molecule has 5 nitrogen and oxygen atoms in total. The van der Waals surface area contributed by atoms with Gasteiger partial charge in [-0.15, -0.1) is 0 Å². The summed E-state index contributed by atoms with van der Waals surface area (Å²) in [5.41, 5.74) is -0.489. The first kappa shape index (κ1) is 24.4. The summed E-state index contributed by atoms with van der Waals surface area (Å²) < 4.78 is 11.3. The van der Waals surface area contributed by atoms with Gasteiger partial charge in [0.05, 0.1) is 13.2 Å². The number of hydrogen-bond acceptors (Lipinski definition) is 5. The van der Waals surface area contributed by atoms with Crippen molar-refractivity contribution in [3.05, 3.63) is 0 Å². The molecule has 150 valence electrons. The van der Waals surface area contributed by atoms with E-state index in [9.17, 15) is 4.79 Å². The summed E-state index contributed by atoms with van der Waals surface area (Å²) in [5, 5.41) is 6.90. The molecule has 0 atom stereocenters. The van der Waals surface area contributed by atoms with E-state index in [0.717, 1.165) is 19.5 Å². The fraction of sp³-hybridized carbons (Fsp3) is 0.950. The lowest BCUT2D eigenvalue weighted by molar-refractivity contribution is -0.159. The van der Waals surface area contributed by atoms with Crippen LogP contribution in [-0.4, -0.2) is 49.0 Å². The molecule has 0 heterocycles. The summed E-state index contributed by atoms with van der Waals surface area (Å²) >= 11 is 0. The van der Waals surface area contributed by atoms with Crippen molar-refractivity contribution in [3.63, 3.8) is 0 Å². The molecule has 0 saturated carbocycles. The number of ether oxygens (including phenoxy) is 2. The Kier molecular flexibility index (Phi) is 10.2. The summed E-state index contributed by atoms with van der Waals surface area (Å²) in [4.78, 5) is 11.9. The summed E-state index contributed by atoms with van der Waals surface area (Å²) in [5.74, 6) is 0.199. The molecule has 2 N–H and O–H groups in total. The van der Waals surface area contributed by atoms with Crippen LogP contribution in [0.5, 0.6) is 0 Å². The fourth-order valence-electron chi connectivity index (χ4n) is 2.91. The summed E-state index contributed by atoms with van der Waals surface area (Å²) in [7, 11) is 0. The second-order valence-electron chi connectivity index (χ2n) is 9.61. The fourth-order valence-corrected chi connectivity index (χ4v) is 2.91. The zero-order valence-electron chi connectivity index (χ0n) is 18.0. The highest BCUT2D eigenvalue weighted by Crippen LogP contribution is 2.24. The third-order valence-corrected chi connectivity index (χ3v) is 3.58.